The Balaban J connectivity index is 2.13. The van der Waals surface area contributed by atoms with Crippen molar-refractivity contribution in [3.63, 3.8) is 0 Å². The zero-order chi connectivity index (χ0) is 13.8. The number of carboxylic acids is 1. The van der Waals surface area contributed by atoms with Crippen LogP contribution >= 0.6 is 34.4 Å². The summed E-state index contributed by atoms with van der Waals surface area (Å²) in [5, 5.41) is 18.1. The Bertz CT molecular complexity index is 596. The van der Waals surface area contributed by atoms with E-state index in [1.54, 1.807) is 23.9 Å². The van der Waals surface area contributed by atoms with Crippen molar-refractivity contribution in [2.45, 2.75) is 16.2 Å². The second-order valence-corrected chi connectivity index (χ2v) is 6.21. The predicted octanol–water partition coefficient (Wildman–Crippen LogP) is 3.78. The molecule has 0 unspecified atom stereocenters. The minimum atomic E-state index is -0.825. The van der Waals surface area contributed by atoms with Gasteiger partial charge in [0.05, 0.1) is 6.42 Å². The number of hydrogen-bond acceptors (Lipinski definition) is 3. The molecule has 0 spiro atoms. The number of hydrogen-bond donors (Lipinski definition) is 2. The van der Waals surface area contributed by atoms with Crippen molar-refractivity contribution in [3.05, 3.63) is 51.6 Å². The van der Waals surface area contributed by atoms with Gasteiger partial charge in [-0.05, 0) is 58.5 Å². The summed E-state index contributed by atoms with van der Waals surface area (Å²) in [6.45, 7) is 0. The van der Waals surface area contributed by atoms with Crippen molar-refractivity contribution in [1.82, 2.24) is 0 Å². The van der Waals surface area contributed by atoms with Crippen molar-refractivity contribution in [2.75, 3.05) is 0 Å². The molecule has 2 aromatic rings. The molecule has 98 valence electrons. The molecule has 0 aliphatic heterocycles. The largest absolute Gasteiger partial charge is 0.508 e. The van der Waals surface area contributed by atoms with Gasteiger partial charge in [0.2, 0.25) is 0 Å². The van der Waals surface area contributed by atoms with Crippen molar-refractivity contribution >= 4 is 40.3 Å². The molecule has 2 N–H and O–H groups in total. The van der Waals surface area contributed by atoms with Crippen molar-refractivity contribution in [1.29, 1.82) is 0 Å². The first-order chi connectivity index (χ1) is 9.04. The SMILES string of the molecule is O=C(O)Cc1ccc(Sc2ccc(O)cc2I)cc1. The van der Waals surface area contributed by atoms with E-state index < -0.39 is 5.97 Å². The monoisotopic (exact) mass is 386 g/mol. The third-order valence-electron chi connectivity index (χ3n) is 2.42. The maximum absolute atomic E-state index is 10.6. The number of aromatic hydroxyl groups is 1. The number of halogens is 1. The summed E-state index contributed by atoms with van der Waals surface area (Å²) in [5.41, 5.74) is 0.789. The highest BCUT2D eigenvalue weighted by molar-refractivity contribution is 14.1. The van der Waals surface area contributed by atoms with Gasteiger partial charge in [-0.15, -0.1) is 0 Å². The molecule has 5 heteroatoms. The molecule has 0 heterocycles. The Morgan fingerprint density at radius 3 is 2.42 bits per heavy atom. The Morgan fingerprint density at radius 2 is 1.84 bits per heavy atom. The van der Waals surface area contributed by atoms with Gasteiger partial charge in [0, 0.05) is 13.4 Å². The summed E-state index contributed by atoms with van der Waals surface area (Å²) < 4.78 is 0.984. The molecule has 2 rings (SSSR count). The van der Waals surface area contributed by atoms with Crippen molar-refractivity contribution in [3.8, 4) is 5.75 Å². The highest BCUT2D eigenvalue weighted by Crippen LogP contribution is 2.33. The van der Waals surface area contributed by atoms with Crippen LogP contribution in [0.4, 0.5) is 0 Å². The number of phenolic OH excluding ortho intramolecular Hbond substituents is 1. The topological polar surface area (TPSA) is 57.5 Å². The lowest BCUT2D eigenvalue weighted by Gasteiger charge is -2.05. The number of rotatable bonds is 4. The first-order valence-electron chi connectivity index (χ1n) is 5.52. The number of carboxylic acid groups (broad SMARTS) is 1. The van der Waals surface area contributed by atoms with Crippen LogP contribution in [0.25, 0.3) is 0 Å². The van der Waals surface area contributed by atoms with E-state index in [0.29, 0.717) is 0 Å². The van der Waals surface area contributed by atoms with E-state index in [4.69, 9.17) is 5.11 Å². The van der Waals surface area contributed by atoms with Crippen LogP contribution in [0, 0.1) is 3.57 Å². The van der Waals surface area contributed by atoms with Crippen LogP contribution in [0.1, 0.15) is 5.56 Å². The van der Waals surface area contributed by atoms with E-state index in [0.717, 1.165) is 18.9 Å². The van der Waals surface area contributed by atoms with Gasteiger partial charge in [0.1, 0.15) is 5.75 Å². The van der Waals surface area contributed by atoms with Gasteiger partial charge in [-0.3, -0.25) is 4.79 Å². The Kier molecular flexibility index (Phi) is 4.71. The van der Waals surface area contributed by atoms with Crippen LogP contribution in [-0.2, 0) is 11.2 Å². The lowest BCUT2D eigenvalue weighted by Crippen LogP contribution is -1.99. The molecule has 0 bridgehead atoms. The molecule has 19 heavy (non-hydrogen) atoms. The molecule has 0 saturated carbocycles. The highest BCUT2D eigenvalue weighted by Gasteiger charge is 2.05. The van der Waals surface area contributed by atoms with Gasteiger partial charge < -0.3 is 10.2 Å². The molecule has 0 radical (unpaired) electrons. The first kappa shape index (κ1) is 14.2. The summed E-state index contributed by atoms with van der Waals surface area (Å²) in [6.07, 6.45) is 0.0433. The zero-order valence-corrected chi connectivity index (χ0v) is 12.8. The Morgan fingerprint density at radius 1 is 1.16 bits per heavy atom. The van der Waals surface area contributed by atoms with Gasteiger partial charge in [-0.1, -0.05) is 23.9 Å². The van der Waals surface area contributed by atoms with Gasteiger partial charge >= 0.3 is 5.97 Å². The molecule has 0 aliphatic carbocycles. The fourth-order valence-electron chi connectivity index (χ4n) is 1.55. The lowest BCUT2D eigenvalue weighted by molar-refractivity contribution is -0.136. The van der Waals surface area contributed by atoms with Crippen LogP contribution in [0.2, 0.25) is 0 Å². The third-order valence-corrected chi connectivity index (χ3v) is 4.76. The molecule has 0 atom stereocenters. The van der Waals surface area contributed by atoms with E-state index in [1.165, 1.54) is 0 Å². The van der Waals surface area contributed by atoms with Crippen LogP contribution in [0.15, 0.2) is 52.3 Å². The Labute approximate surface area is 128 Å². The standard InChI is InChI=1S/C14H11IO3S/c15-12-8-10(16)3-6-13(12)19-11-4-1-9(2-5-11)7-14(17)18/h1-6,8,16H,7H2,(H,17,18). The summed E-state index contributed by atoms with van der Waals surface area (Å²) in [5.74, 6) is -0.570. The summed E-state index contributed by atoms with van der Waals surface area (Å²) in [4.78, 5) is 12.7. The molecule has 0 fully saturated rings. The van der Waals surface area contributed by atoms with Gasteiger partial charge in [0.25, 0.3) is 0 Å². The maximum atomic E-state index is 10.6. The lowest BCUT2D eigenvalue weighted by atomic mass is 10.2. The molecular formula is C14H11IO3S. The Hall–Kier alpha value is -1.21. The summed E-state index contributed by atoms with van der Waals surface area (Å²) in [7, 11) is 0. The van der Waals surface area contributed by atoms with E-state index in [2.05, 4.69) is 22.6 Å². The molecule has 0 aromatic heterocycles. The number of phenols is 1. The quantitative estimate of drug-likeness (QED) is 0.786. The highest BCUT2D eigenvalue weighted by atomic mass is 127. The van der Waals surface area contributed by atoms with Crippen LogP contribution in [0.3, 0.4) is 0 Å². The van der Waals surface area contributed by atoms with E-state index in [9.17, 15) is 9.90 Å². The smallest absolute Gasteiger partial charge is 0.307 e. The fraction of sp³-hybridized carbons (Fsp3) is 0.0714. The zero-order valence-electron chi connectivity index (χ0n) is 9.84. The minimum absolute atomic E-state index is 0.0433. The summed E-state index contributed by atoms with van der Waals surface area (Å²) in [6, 6.07) is 12.7. The van der Waals surface area contributed by atoms with Crippen molar-refractivity contribution < 1.29 is 15.0 Å². The average molecular weight is 386 g/mol. The van der Waals surface area contributed by atoms with Crippen LogP contribution < -0.4 is 0 Å². The summed E-state index contributed by atoms with van der Waals surface area (Å²) >= 11 is 3.76. The number of benzene rings is 2. The maximum Gasteiger partial charge on any atom is 0.307 e. The molecule has 0 amide bonds. The molecule has 2 aromatic carbocycles. The second-order valence-electron chi connectivity index (χ2n) is 3.93. The van der Waals surface area contributed by atoms with E-state index in [-0.39, 0.29) is 12.2 Å². The van der Waals surface area contributed by atoms with Crippen LogP contribution in [0.5, 0.6) is 5.75 Å². The molecule has 0 saturated heterocycles. The van der Waals surface area contributed by atoms with Gasteiger partial charge in [-0.2, -0.15) is 0 Å². The number of aliphatic carboxylic acids is 1. The van der Waals surface area contributed by atoms with Gasteiger partial charge in [-0.25, -0.2) is 0 Å². The van der Waals surface area contributed by atoms with E-state index in [1.807, 2.05) is 30.3 Å². The molecule has 0 aliphatic rings. The minimum Gasteiger partial charge on any atom is -0.508 e. The first-order valence-corrected chi connectivity index (χ1v) is 7.41. The average Bonchev–Trinajstić information content (AvgIpc) is 2.34. The van der Waals surface area contributed by atoms with Crippen LogP contribution in [-0.4, -0.2) is 16.2 Å². The fourth-order valence-corrected chi connectivity index (χ4v) is 3.20. The normalized spacial score (nSPS) is 10.4. The van der Waals surface area contributed by atoms with Gasteiger partial charge in [0.15, 0.2) is 0 Å². The third kappa shape index (κ3) is 4.14. The second kappa shape index (κ2) is 6.29. The molecule has 3 nitrogen and oxygen atoms in total. The predicted molar refractivity (Wildman–Crippen MR) is 82.7 cm³/mol. The number of carbonyl (C=O) groups is 1. The van der Waals surface area contributed by atoms with E-state index >= 15 is 0 Å². The van der Waals surface area contributed by atoms with Crippen molar-refractivity contribution in [2.24, 2.45) is 0 Å². The molecular weight excluding hydrogens is 375 g/mol.